The number of rotatable bonds is 3. The van der Waals surface area contributed by atoms with Gasteiger partial charge in [-0.1, -0.05) is 35.6 Å². The number of benzene rings is 2. The third-order valence-electron chi connectivity index (χ3n) is 3.80. The topological polar surface area (TPSA) is 86.5 Å². The van der Waals surface area contributed by atoms with Crippen LogP contribution in [0.4, 0.5) is 5.13 Å². The van der Waals surface area contributed by atoms with Crippen molar-refractivity contribution in [3.05, 3.63) is 54.1 Å². The Balaban J connectivity index is 1.69. The molecule has 1 fully saturated rings. The second-order valence-electron chi connectivity index (χ2n) is 5.43. The van der Waals surface area contributed by atoms with E-state index in [4.69, 9.17) is 0 Å². The minimum absolute atomic E-state index is 0.0388. The number of aromatic nitrogens is 2. The van der Waals surface area contributed by atoms with Crippen LogP contribution in [-0.4, -0.2) is 32.1 Å². The van der Waals surface area contributed by atoms with Crippen LogP contribution in [0.1, 0.15) is 10.9 Å². The predicted molar refractivity (Wildman–Crippen MR) is 97.8 cm³/mol. The Morgan fingerprint density at radius 1 is 1.04 bits per heavy atom. The molecule has 0 saturated carbocycles. The van der Waals surface area contributed by atoms with Crippen LogP contribution in [0, 0.1) is 0 Å². The van der Waals surface area contributed by atoms with Crippen LogP contribution in [0.3, 0.4) is 0 Å². The minimum atomic E-state index is -0.210. The largest absolute Gasteiger partial charge is 0.508 e. The number of amides is 1. The maximum Gasteiger partial charge on any atom is 0.240 e. The number of hydrogen-bond acceptors (Lipinski definition) is 7. The van der Waals surface area contributed by atoms with E-state index < -0.39 is 0 Å². The van der Waals surface area contributed by atoms with Crippen molar-refractivity contribution in [2.45, 2.75) is 5.37 Å². The molecule has 1 aromatic heterocycles. The van der Waals surface area contributed by atoms with E-state index in [9.17, 15) is 15.0 Å². The molecule has 0 aliphatic carbocycles. The maximum absolute atomic E-state index is 12.4. The van der Waals surface area contributed by atoms with E-state index in [1.165, 1.54) is 23.1 Å². The zero-order chi connectivity index (χ0) is 17.4. The summed E-state index contributed by atoms with van der Waals surface area (Å²) in [6, 6.07) is 13.7. The summed E-state index contributed by atoms with van der Waals surface area (Å²) >= 11 is 2.77. The van der Waals surface area contributed by atoms with Crippen molar-refractivity contribution in [3.8, 4) is 22.1 Å². The van der Waals surface area contributed by atoms with E-state index in [-0.39, 0.29) is 22.8 Å². The fourth-order valence-electron chi connectivity index (χ4n) is 2.59. The third kappa shape index (κ3) is 2.94. The van der Waals surface area contributed by atoms with E-state index in [0.717, 1.165) is 5.56 Å². The van der Waals surface area contributed by atoms with Gasteiger partial charge in [0.15, 0.2) is 5.01 Å². The van der Waals surface area contributed by atoms with Crippen LogP contribution < -0.4 is 4.90 Å². The Labute approximate surface area is 151 Å². The highest BCUT2D eigenvalue weighted by molar-refractivity contribution is 8.00. The summed E-state index contributed by atoms with van der Waals surface area (Å²) in [4.78, 5) is 14.0. The zero-order valence-corrected chi connectivity index (χ0v) is 14.5. The maximum atomic E-state index is 12.4. The molecule has 1 saturated heterocycles. The number of anilines is 1. The molecule has 2 heterocycles. The molecule has 0 bridgehead atoms. The van der Waals surface area contributed by atoms with Gasteiger partial charge >= 0.3 is 0 Å². The molecule has 1 amide bonds. The molecule has 0 spiro atoms. The molecule has 1 aliphatic heterocycles. The highest BCUT2D eigenvalue weighted by atomic mass is 32.2. The van der Waals surface area contributed by atoms with Crippen molar-refractivity contribution < 1.29 is 15.0 Å². The van der Waals surface area contributed by atoms with E-state index in [1.807, 2.05) is 6.07 Å². The molecule has 4 rings (SSSR count). The smallest absolute Gasteiger partial charge is 0.240 e. The van der Waals surface area contributed by atoms with Gasteiger partial charge in [-0.2, -0.15) is 0 Å². The molecule has 1 unspecified atom stereocenters. The van der Waals surface area contributed by atoms with Crippen LogP contribution >= 0.6 is 23.1 Å². The number of phenols is 2. The Kier molecular flexibility index (Phi) is 4.06. The second kappa shape index (κ2) is 6.38. The van der Waals surface area contributed by atoms with Crippen molar-refractivity contribution >= 4 is 34.1 Å². The second-order valence-corrected chi connectivity index (χ2v) is 7.45. The Morgan fingerprint density at radius 2 is 1.80 bits per heavy atom. The summed E-state index contributed by atoms with van der Waals surface area (Å²) in [5.74, 6) is 0.629. The first-order chi connectivity index (χ1) is 12.1. The minimum Gasteiger partial charge on any atom is -0.508 e. The van der Waals surface area contributed by atoms with E-state index in [2.05, 4.69) is 10.2 Å². The van der Waals surface area contributed by atoms with Gasteiger partial charge < -0.3 is 10.2 Å². The molecule has 1 atom stereocenters. The molecule has 126 valence electrons. The fraction of sp³-hybridized carbons (Fsp3) is 0.118. The highest BCUT2D eigenvalue weighted by Gasteiger charge is 2.36. The van der Waals surface area contributed by atoms with Gasteiger partial charge in [0, 0.05) is 0 Å². The molecule has 2 aromatic carbocycles. The Hall–Kier alpha value is -2.58. The van der Waals surface area contributed by atoms with Crippen LogP contribution in [0.25, 0.3) is 10.6 Å². The average molecular weight is 371 g/mol. The lowest BCUT2D eigenvalue weighted by Crippen LogP contribution is -2.27. The average Bonchev–Trinajstić information content (AvgIpc) is 3.22. The summed E-state index contributed by atoms with van der Waals surface area (Å²) in [5, 5.41) is 28.6. The standard InChI is InChI=1S/C17H13N3O3S2/c21-11-7-5-10(6-8-11)16-20(14(23)9-24-16)17-19-18-15(25-17)12-3-1-2-4-13(12)22/h1-8,16,21-22H,9H2. The summed E-state index contributed by atoms with van der Waals surface area (Å²) in [5.41, 5.74) is 1.50. The molecule has 1 aliphatic rings. The summed E-state index contributed by atoms with van der Waals surface area (Å²) in [6.07, 6.45) is 0. The van der Waals surface area contributed by atoms with Crippen molar-refractivity contribution in [3.63, 3.8) is 0 Å². The monoisotopic (exact) mass is 371 g/mol. The molecule has 0 radical (unpaired) electrons. The lowest BCUT2D eigenvalue weighted by atomic mass is 10.2. The summed E-state index contributed by atoms with van der Waals surface area (Å²) < 4.78 is 0. The molecular weight excluding hydrogens is 358 g/mol. The number of aromatic hydroxyl groups is 2. The first-order valence-electron chi connectivity index (χ1n) is 7.48. The molecule has 25 heavy (non-hydrogen) atoms. The summed E-state index contributed by atoms with van der Waals surface area (Å²) in [7, 11) is 0. The van der Waals surface area contributed by atoms with Crippen LogP contribution in [0.15, 0.2) is 48.5 Å². The van der Waals surface area contributed by atoms with Crippen LogP contribution in [-0.2, 0) is 4.79 Å². The number of carbonyl (C=O) groups is 1. The number of phenolic OH excluding ortho intramolecular Hbond substituents is 2. The number of hydrogen-bond donors (Lipinski definition) is 2. The van der Waals surface area contributed by atoms with Gasteiger partial charge in [-0.05, 0) is 29.8 Å². The quantitative estimate of drug-likeness (QED) is 0.734. The predicted octanol–water partition coefficient (Wildman–Crippen LogP) is 3.39. The third-order valence-corrected chi connectivity index (χ3v) is 5.97. The van der Waals surface area contributed by atoms with Crippen molar-refractivity contribution in [2.75, 3.05) is 10.7 Å². The van der Waals surface area contributed by atoms with Gasteiger partial charge in [0.25, 0.3) is 0 Å². The lowest BCUT2D eigenvalue weighted by Gasteiger charge is -2.20. The van der Waals surface area contributed by atoms with Crippen molar-refractivity contribution in [1.82, 2.24) is 10.2 Å². The van der Waals surface area contributed by atoms with E-state index >= 15 is 0 Å². The summed E-state index contributed by atoms with van der Waals surface area (Å²) in [6.45, 7) is 0. The van der Waals surface area contributed by atoms with Crippen molar-refractivity contribution in [1.29, 1.82) is 0 Å². The van der Waals surface area contributed by atoms with Gasteiger partial charge in [-0.25, -0.2) is 0 Å². The molecule has 8 heteroatoms. The van der Waals surface area contributed by atoms with E-state index in [1.54, 1.807) is 47.4 Å². The number of carbonyl (C=O) groups excluding carboxylic acids is 1. The van der Waals surface area contributed by atoms with Gasteiger partial charge in [0.05, 0.1) is 11.3 Å². The van der Waals surface area contributed by atoms with E-state index in [0.29, 0.717) is 21.5 Å². The van der Waals surface area contributed by atoms with Gasteiger partial charge in [0.2, 0.25) is 11.0 Å². The van der Waals surface area contributed by atoms with Gasteiger partial charge in [-0.15, -0.1) is 22.0 Å². The van der Waals surface area contributed by atoms with Crippen LogP contribution in [0.2, 0.25) is 0 Å². The zero-order valence-electron chi connectivity index (χ0n) is 12.9. The Morgan fingerprint density at radius 3 is 2.56 bits per heavy atom. The first kappa shape index (κ1) is 15.9. The molecule has 3 aromatic rings. The first-order valence-corrected chi connectivity index (χ1v) is 9.34. The Bertz CT molecular complexity index is 927. The van der Waals surface area contributed by atoms with Crippen molar-refractivity contribution in [2.24, 2.45) is 0 Å². The van der Waals surface area contributed by atoms with Crippen LogP contribution in [0.5, 0.6) is 11.5 Å². The fourth-order valence-corrected chi connectivity index (χ4v) is 4.74. The lowest BCUT2D eigenvalue weighted by molar-refractivity contribution is -0.115. The molecule has 2 N–H and O–H groups in total. The number of thioether (sulfide) groups is 1. The van der Waals surface area contributed by atoms with Gasteiger partial charge in [0.1, 0.15) is 16.9 Å². The number of nitrogens with zero attached hydrogens (tertiary/aromatic N) is 3. The normalized spacial score (nSPS) is 17.2. The highest BCUT2D eigenvalue weighted by Crippen LogP contribution is 2.44. The molecular formula is C17H13N3O3S2. The van der Waals surface area contributed by atoms with Gasteiger partial charge in [-0.3, -0.25) is 9.69 Å². The number of para-hydroxylation sites is 1. The molecule has 6 nitrogen and oxygen atoms in total. The SMILES string of the molecule is O=C1CSC(c2ccc(O)cc2)N1c1nnc(-c2ccccc2O)s1.